The van der Waals surface area contributed by atoms with Gasteiger partial charge < -0.3 is 14.8 Å². The van der Waals surface area contributed by atoms with E-state index in [1.54, 1.807) is 30.3 Å². The van der Waals surface area contributed by atoms with E-state index in [1.807, 2.05) is 12.1 Å². The number of halogens is 1. The molecule has 148 valence electrons. The average molecular weight is 405 g/mol. The van der Waals surface area contributed by atoms with Gasteiger partial charge in [-0.3, -0.25) is 9.69 Å². The van der Waals surface area contributed by atoms with Crippen LogP contribution in [0.25, 0.3) is 0 Å². The molecule has 2 amide bonds. The standard InChI is InChI=1S/C20H21ClN2O5/c1-23(20(26)27-2)17-6-4-3-5-16(17)19(25)28-13-18(24)22-12-11-14-7-9-15(21)10-8-14/h3-10H,11-13H2,1-2H3,(H,22,24). The first-order valence-electron chi connectivity index (χ1n) is 8.51. The number of nitrogens with zero attached hydrogens (tertiary/aromatic N) is 1. The zero-order valence-corrected chi connectivity index (χ0v) is 16.4. The number of methoxy groups -OCH3 is 1. The number of ether oxygens (including phenoxy) is 2. The highest BCUT2D eigenvalue weighted by molar-refractivity contribution is 6.30. The summed E-state index contributed by atoms with van der Waals surface area (Å²) in [5.41, 5.74) is 1.51. The maximum Gasteiger partial charge on any atom is 0.413 e. The van der Waals surface area contributed by atoms with Gasteiger partial charge in [0.2, 0.25) is 0 Å². The lowest BCUT2D eigenvalue weighted by Crippen LogP contribution is -2.31. The van der Waals surface area contributed by atoms with Crippen LogP contribution in [-0.2, 0) is 20.7 Å². The molecule has 0 heterocycles. The van der Waals surface area contributed by atoms with Gasteiger partial charge in [-0.1, -0.05) is 35.9 Å². The van der Waals surface area contributed by atoms with Crippen molar-refractivity contribution in [3.8, 4) is 0 Å². The molecule has 0 aliphatic rings. The van der Waals surface area contributed by atoms with Crippen molar-refractivity contribution in [2.45, 2.75) is 6.42 Å². The molecule has 0 atom stereocenters. The Balaban J connectivity index is 1.85. The van der Waals surface area contributed by atoms with Crippen LogP contribution in [-0.4, -0.2) is 45.3 Å². The number of benzene rings is 2. The van der Waals surface area contributed by atoms with Crippen LogP contribution in [0.3, 0.4) is 0 Å². The van der Waals surface area contributed by atoms with Gasteiger partial charge in [0.25, 0.3) is 5.91 Å². The number of hydrogen-bond donors (Lipinski definition) is 1. The second-order valence-corrected chi connectivity index (χ2v) is 6.29. The Morgan fingerprint density at radius 1 is 1.07 bits per heavy atom. The third-order valence-electron chi connectivity index (χ3n) is 3.92. The smallest absolute Gasteiger partial charge is 0.413 e. The lowest BCUT2D eigenvalue weighted by molar-refractivity contribution is -0.124. The number of carbonyl (C=O) groups is 3. The lowest BCUT2D eigenvalue weighted by Gasteiger charge is -2.18. The summed E-state index contributed by atoms with van der Waals surface area (Å²) in [5.74, 6) is -1.12. The van der Waals surface area contributed by atoms with Crippen LogP contribution >= 0.6 is 11.6 Å². The zero-order valence-electron chi connectivity index (χ0n) is 15.6. The quantitative estimate of drug-likeness (QED) is 0.717. The molecule has 2 aromatic rings. The summed E-state index contributed by atoms with van der Waals surface area (Å²) in [4.78, 5) is 37.1. The number of rotatable bonds is 7. The molecule has 0 saturated carbocycles. The SMILES string of the molecule is COC(=O)N(C)c1ccccc1C(=O)OCC(=O)NCCc1ccc(Cl)cc1. The summed E-state index contributed by atoms with van der Waals surface area (Å²) in [6.07, 6.45) is 0.00376. The second kappa shape index (κ2) is 10.3. The Bertz CT molecular complexity index is 839. The summed E-state index contributed by atoms with van der Waals surface area (Å²) in [7, 11) is 2.72. The van der Waals surface area contributed by atoms with Gasteiger partial charge in [0.05, 0.1) is 18.4 Å². The molecular weight excluding hydrogens is 384 g/mol. The highest BCUT2D eigenvalue weighted by atomic mass is 35.5. The molecule has 0 aromatic heterocycles. The van der Waals surface area contributed by atoms with Gasteiger partial charge in [0.15, 0.2) is 6.61 Å². The van der Waals surface area contributed by atoms with Crippen LogP contribution in [0.4, 0.5) is 10.5 Å². The Hall–Kier alpha value is -3.06. The number of para-hydroxylation sites is 1. The zero-order chi connectivity index (χ0) is 20.5. The monoisotopic (exact) mass is 404 g/mol. The number of carbonyl (C=O) groups excluding carboxylic acids is 3. The van der Waals surface area contributed by atoms with Crippen molar-refractivity contribution in [1.82, 2.24) is 5.32 Å². The van der Waals surface area contributed by atoms with E-state index in [-0.39, 0.29) is 5.56 Å². The third-order valence-corrected chi connectivity index (χ3v) is 4.17. The van der Waals surface area contributed by atoms with Crippen LogP contribution in [0.5, 0.6) is 0 Å². The van der Waals surface area contributed by atoms with E-state index in [0.717, 1.165) is 5.56 Å². The Morgan fingerprint density at radius 2 is 1.75 bits per heavy atom. The van der Waals surface area contributed by atoms with Crippen LogP contribution in [0, 0.1) is 0 Å². The number of anilines is 1. The Labute approximate surface area is 168 Å². The van der Waals surface area contributed by atoms with Crippen molar-refractivity contribution < 1.29 is 23.9 Å². The number of nitrogens with one attached hydrogen (secondary N) is 1. The first-order chi connectivity index (χ1) is 13.4. The lowest BCUT2D eigenvalue weighted by atomic mass is 10.1. The molecule has 8 heteroatoms. The predicted molar refractivity (Wildman–Crippen MR) is 106 cm³/mol. The molecule has 0 unspecified atom stereocenters. The predicted octanol–water partition coefficient (Wildman–Crippen LogP) is 3.06. The Morgan fingerprint density at radius 3 is 2.43 bits per heavy atom. The summed E-state index contributed by atoms with van der Waals surface area (Å²) in [5, 5.41) is 3.33. The molecule has 7 nitrogen and oxygen atoms in total. The molecule has 2 rings (SSSR count). The van der Waals surface area contributed by atoms with Gasteiger partial charge in [0.1, 0.15) is 0 Å². The fraction of sp³-hybridized carbons (Fsp3) is 0.250. The van der Waals surface area contributed by atoms with Crippen LogP contribution < -0.4 is 10.2 Å². The van der Waals surface area contributed by atoms with Gasteiger partial charge in [-0.2, -0.15) is 0 Å². The largest absolute Gasteiger partial charge is 0.452 e. The van der Waals surface area contributed by atoms with E-state index in [9.17, 15) is 14.4 Å². The van der Waals surface area contributed by atoms with E-state index < -0.39 is 24.6 Å². The number of amides is 2. The molecule has 0 saturated heterocycles. The molecule has 0 fully saturated rings. The minimum Gasteiger partial charge on any atom is -0.452 e. The minimum absolute atomic E-state index is 0.157. The van der Waals surface area contributed by atoms with Crippen LogP contribution in [0.1, 0.15) is 15.9 Å². The van der Waals surface area contributed by atoms with Crippen molar-refractivity contribution in [3.05, 3.63) is 64.7 Å². The molecule has 0 aliphatic carbocycles. The average Bonchev–Trinajstić information content (AvgIpc) is 2.72. The van der Waals surface area contributed by atoms with Gasteiger partial charge >= 0.3 is 12.1 Å². The van der Waals surface area contributed by atoms with E-state index in [1.165, 1.54) is 25.1 Å². The summed E-state index contributed by atoms with van der Waals surface area (Å²) < 4.78 is 9.72. The van der Waals surface area contributed by atoms with Crippen molar-refractivity contribution in [2.75, 3.05) is 32.2 Å². The molecule has 0 spiro atoms. The Kier molecular flexibility index (Phi) is 7.83. The van der Waals surface area contributed by atoms with Crippen molar-refractivity contribution in [1.29, 1.82) is 0 Å². The van der Waals surface area contributed by atoms with Gasteiger partial charge in [-0.25, -0.2) is 9.59 Å². The topological polar surface area (TPSA) is 84.9 Å². The normalized spacial score (nSPS) is 10.1. The van der Waals surface area contributed by atoms with Crippen molar-refractivity contribution >= 4 is 35.3 Å². The molecule has 28 heavy (non-hydrogen) atoms. The second-order valence-electron chi connectivity index (χ2n) is 5.85. The van der Waals surface area contributed by atoms with Gasteiger partial charge in [-0.15, -0.1) is 0 Å². The summed E-state index contributed by atoms with van der Waals surface area (Å²) in [6, 6.07) is 13.7. The van der Waals surface area contributed by atoms with E-state index >= 15 is 0 Å². The molecule has 0 radical (unpaired) electrons. The maximum atomic E-state index is 12.3. The van der Waals surface area contributed by atoms with E-state index in [2.05, 4.69) is 10.1 Å². The fourth-order valence-electron chi connectivity index (χ4n) is 2.43. The van der Waals surface area contributed by atoms with Crippen LogP contribution in [0.15, 0.2) is 48.5 Å². The molecule has 0 aliphatic heterocycles. The van der Waals surface area contributed by atoms with Gasteiger partial charge in [-0.05, 0) is 36.2 Å². The van der Waals surface area contributed by atoms with E-state index in [4.69, 9.17) is 16.3 Å². The van der Waals surface area contributed by atoms with Crippen LogP contribution in [0.2, 0.25) is 5.02 Å². The first kappa shape index (κ1) is 21.2. The van der Waals surface area contributed by atoms with Crippen molar-refractivity contribution in [2.24, 2.45) is 0 Å². The first-order valence-corrected chi connectivity index (χ1v) is 8.89. The molecular formula is C20H21ClN2O5. The summed E-state index contributed by atoms with van der Waals surface area (Å²) in [6.45, 7) is -0.0184. The van der Waals surface area contributed by atoms with E-state index in [0.29, 0.717) is 23.7 Å². The highest BCUT2D eigenvalue weighted by Crippen LogP contribution is 2.20. The minimum atomic E-state index is -0.709. The third kappa shape index (κ3) is 5.99. The fourth-order valence-corrected chi connectivity index (χ4v) is 2.56. The summed E-state index contributed by atoms with van der Waals surface area (Å²) >= 11 is 5.83. The molecule has 2 aromatic carbocycles. The van der Waals surface area contributed by atoms with Gasteiger partial charge in [0, 0.05) is 18.6 Å². The number of hydrogen-bond acceptors (Lipinski definition) is 5. The molecule has 0 bridgehead atoms. The number of esters is 1. The van der Waals surface area contributed by atoms with Crippen molar-refractivity contribution in [3.63, 3.8) is 0 Å². The highest BCUT2D eigenvalue weighted by Gasteiger charge is 2.20. The molecule has 1 N–H and O–H groups in total. The maximum absolute atomic E-state index is 12.3.